The monoisotopic (exact) mass is 221 g/mol. The van der Waals surface area contributed by atoms with Gasteiger partial charge in [0.05, 0.1) is 0 Å². The fourth-order valence-electron chi connectivity index (χ4n) is 1.39. The molecule has 0 unspecified atom stereocenters. The van der Waals surface area contributed by atoms with Crippen LogP contribution in [0.15, 0.2) is 24.3 Å². The quantitative estimate of drug-likeness (QED) is 0.719. The number of carbonyl (C=O) groups is 1. The van der Waals surface area contributed by atoms with Crippen molar-refractivity contribution in [2.75, 3.05) is 6.61 Å². The zero-order valence-electron chi connectivity index (χ0n) is 9.70. The van der Waals surface area contributed by atoms with E-state index in [9.17, 15) is 4.79 Å². The Hall–Kier alpha value is -1.35. The van der Waals surface area contributed by atoms with Crippen molar-refractivity contribution >= 4 is 5.91 Å². The van der Waals surface area contributed by atoms with E-state index in [1.54, 1.807) is 0 Å². The van der Waals surface area contributed by atoms with Crippen molar-refractivity contribution < 1.29 is 9.90 Å². The highest BCUT2D eigenvalue weighted by molar-refractivity contribution is 5.75. The second-order valence-corrected chi connectivity index (χ2v) is 3.94. The van der Waals surface area contributed by atoms with Gasteiger partial charge in [-0.1, -0.05) is 29.8 Å². The summed E-state index contributed by atoms with van der Waals surface area (Å²) in [6, 6.07) is 8.10. The van der Waals surface area contributed by atoms with Crippen LogP contribution < -0.4 is 5.32 Å². The van der Waals surface area contributed by atoms with Crippen molar-refractivity contribution in [1.82, 2.24) is 5.32 Å². The van der Waals surface area contributed by atoms with Gasteiger partial charge in [0.2, 0.25) is 5.91 Å². The highest BCUT2D eigenvalue weighted by atomic mass is 16.2. The zero-order chi connectivity index (χ0) is 11.8. The number of amides is 1. The first-order valence-corrected chi connectivity index (χ1v) is 5.65. The summed E-state index contributed by atoms with van der Waals surface area (Å²) in [4.78, 5) is 11.4. The van der Waals surface area contributed by atoms with Crippen LogP contribution in [0.4, 0.5) is 0 Å². The zero-order valence-corrected chi connectivity index (χ0v) is 9.70. The Kier molecular flexibility index (Phi) is 5.57. The van der Waals surface area contributed by atoms with Crippen LogP contribution in [-0.2, 0) is 11.3 Å². The number of carbonyl (C=O) groups excluding carboxylic acids is 1. The lowest BCUT2D eigenvalue weighted by Gasteiger charge is -2.05. The van der Waals surface area contributed by atoms with E-state index in [2.05, 4.69) is 5.32 Å². The van der Waals surface area contributed by atoms with Crippen LogP contribution in [0.25, 0.3) is 0 Å². The van der Waals surface area contributed by atoms with E-state index >= 15 is 0 Å². The summed E-state index contributed by atoms with van der Waals surface area (Å²) in [5.74, 6) is 0.0500. The molecule has 0 atom stereocenters. The molecule has 0 bridgehead atoms. The third kappa shape index (κ3) is 4.94. The molecule has 0 radical (unpaired) electrons. The maximum atomic E-state index is 11.4. The number of aliphatic hydroxyl groups excluding tert-OH is 1. The molecule has 0 saturated heterocycles. The number of benzene rings is 1. The molecular formula is C13H19NO2. The van der Waals surface area contributed by atoms with E-state index in [4.69, 9.17) is 5.11 Å². The number of aliphatic hydroxyl groups is 1. The van der Waals surface area contributed by atoms with Crippen molar-refractivity contribution in [2.45, 2.75) is 32.7 Å². The molecule has 0 aromatic heterocycles. The van der Waals surface area contributed by atoms with E-state index in [0.717, 1.165) is 12.0 Å². The molecule has 0 aliphatic heterocycles. The lowest BCUT2D eigenvalue weighted by atomic mass is 10.1. The fourth-order valence-corrected chi connectivity index (χ4v) is 1.39. The van der Waals surface area contributed by atoms with Crippen molar-refractivity contribution in [2.24, 2.45) is 0 Å². The van der Waals surface area contributed by atoms with E-state index < -0.39 is 0 Å². The predicted octanol–water partition coefficient (Wildman–Crippen LogP) is 1.77. The largest absolute Gasteiger partial charge is 0.396 e. The number of rotatable bonds is 6. The summed E-state index contributed by atoms with van der Waals surface area (Å²) in [6.07, 6.45) is 1.93. The summed E-state index contributed by atoms with van der Waals surface area (Å²) in [7, 11) is 0. The van der Waals surface area contributed by atoms with E-state index in [1.807, 2.05) is 31.2 Å². The average molecular weight is 221 g/mol. The predicted molar refractivity (Wildman–Crippen MR) is 64.0 cm³/mol. The maximum absolute atomic E-state index is 11.4. The average Bonchev–Trinajstić information content (AvgIpc) is 2.29. The van der Waals surface area contributed by atoms with Crippen molar-refractivity contribution in [3.63, 3.8) is 0 Å². The second-order valence-electron chi connectivity index (χ2n) is 3.94. The van der Waals surface area contributed by atoms with Crippen LogP contribution in [0.5, 0.6) is 0 Å². The van der Waals surface area contributed by atoms with Gasteiger partial charge >= 0.3 is 0 Å². The molecule has 3 heteroatoms. The fraction of sp³-hybridized carbons (Fsp3) is 0.462. The van der Waals surface area contributed by atoms with E-state index in [-0.39, 0.29) is 12.5 Å². The highest BCUT2D eigenvalue weighted by Crippen LogP contribution is 2.03. The molecule has 1 aromatic carbocycles. The Balaban J connectivity index is 2.23. The molecule has 1 rings (SSSR count). The molecule has 88 valence electrons. The summed E-state index contributed by atoms with van der Waals surface area (Å²) in [6.45, 7) is 2.78. The van der Waals surface area contributed by atoms with Gasteiger partial charge in [-0.2, -0.15) is 0 Å². The Bertz CT molecular complexity index is 319. The molecule has 0 aliphatic rings. The Morgan fingerprint density at radius 3 is 2.56 bits per heavy atom. The molecular weight excluding hydrogens is 202 g/mol. The van der Waals surface area contributed by atoms with Gasteiger partial charge in [0, 0.05) is 19.6 Å². The number of hydrogen-bond acceptors (Lipinski definition) is 2. The maximum Gasteiger partial charge on any atom is 0.220 e. The molecule has 0 aliphatic carbocycles. The van der Waals surface area contributed by atoms with Crippen LogP contribution in [0.1, 0.15) is 30.4 Å². The van der Waals surface area contributed by atoms with Crippen LogP contribution in [0.2, 0.25) is 0 Å². The lowest BCUT2D eigenvalue weighted by Crippen LogP contribution is -2.22. The normalized spacial score (nSPS) is 10.1. The van der Waals surface area contributed by atoms with Gasteiger partial charge in [0.15, 0.2) is 0 Å². The molecule has 3 nitrogen and oxygen atoms in total. The first-order chi connectivity index (χ1) is 7.72. The van der Waals surface area contributed by atoms with Crippen LogP contribution in [0.3, 0.4) is 0 Å². The minimum Gasteiger partial charge on any atom is -0.396 e. The lowest BCUT2D eigenvalue weighted by molar-refractivity contribution is -0.121. The van der Waals surface area contributed by atoms with Gasteiger partial charge in [0.25, 0.3) is 0 Å². The summed E-state index contributed by atoms with van der Waals surface area (Å²) < 4.78 is 0. The SMILES string of the molecule is Cc1ccc(CNC(=O)CCCCO)cc1. The van der Waals surface area contributed by atoms with Crippen molar-refractivity contribution in [1.29, 1.82) is 0 Å². The van der Waals surface area contributed by atoms with Gasteiger partial charge in [0.1, 0.15) is 0 Å². The van der Waals surface area contributed by atoms with Crippen molar-refractivity contribution in [3.05, 3.63) is 35.4 Å². The summed E-state index contributed by atoms with van der Waals surface area (Å²) >= 11 is 0. The molecule has 1 amide bonds. The summed E-state index contributed by atoms with van der Waals surface area (Å²) in [5.41, 5.74) is 2.33. The van der Waals surface area contributed by atoms with Gasteiger partial charge in [-0.3, -0.25) is 4.79 Å². The number of aryl methyl sites for hydroxylation is 1. The topological polar surface area (TPSA) is 49.3 Å². The Morgan fingerprint density at radius 2 is 1.94 bits per heavy atom. The van der Waals surface area contributed by atoms with Gasteiger partial charge in [-0.05, 0) is 25.3 Å². The van der Waals surface area contributed by atoms with Crippen molar-refractivity contribution in [3.8, 4) is 0 Å². The first-order valence-electron chi connectivity index (χ1n) is 5.65. The minimum atomic E-state index is 0.0500. The number of nitrogens with one attached hydrogen (secondary N) is 1. The molecule has 0 saturated carbocycles. The molecule has 0 fully saturated rings. The smallest absolute Gasteiger partial charge is 0.220 e. The van der Waals surface area contributed by atoms with Gasteiger partial charge in [-0.25, -0.2) is 0 Å². The highest BCUT2D eigenvalue weighted by Gasteiger charge is 2.00. The summed E-state index contributed by atoms with van der Waals surface area (Å²) in [5, 5.41) is 11.4. The standard InChI is InChI=1S/C13H19NO2/c1-11-5-7-12(8-6-11)10-14-13(16)4-2-3-9-15/h5-8,15H,2-4,9-10H2,1H3,(H,14,16). The minimum absolute atomic E-state index is 0.0500. The second kappa shape index (κ2) is 7.01. The number of hydrogen-bond donors (Lipinski definition) is 2. The third-order valence-corrected chi connectivity index (χ3v) is 2.42. The molecule has 1 aromatic rings. The van der Waals surface area contributed by atoms with E-state index in [0.29, 0.717) is 19.4 Å². The van der Waals surface area contributed by atoms with Crippen LogP contribution in [0, 0.1) is 6.92 Å². The van der Waals surface area contributed by atoms with E-state index in [1.165, 1.54) is 5.56 Å². The molecule has 0 heterocycles. The molecule has 2 N–H and O–H groups in total. The third-order valence-electron chi connectivity index (χ3n) is 2.42. The van der Waals surface area contributed by atoms with Gasteiger partial charge in [-0.15, -0.1) is 0 Å². The molecule has 16 heavy (non-hydrogen) atoms. The van der Waals surface area contributed by atoms with Gasteiger partial charge < -0.3 is 10.4 Å². The van der Waals surface area contributed by atoms with Crippen LogP contribution >= 0.6 is 0 Å². The Labute approximate surface area is 96.5 Å². The first kappa shape index (κ1) is 12.7. The van der Waals surface area contributed by atoms with Crippen LogP contribution in [-0.4, -0.2) is 17.6 Å². The Morgan fingerprint density at radius 1 is 1.25 bits per heavy atom. The molecule has 0 spiro atoms. The number of unbranched alkanes of at least 4 members (excludes halogenated alkanes) is 1.